The Morgan fingerprint density at radius 2 is 1.50 bits per heavy atom. The summed E-state index contributed by atoms with van der Waals surface area (Å²) in [6.45, 7) is 0.654. The molecular weight excluding hydrogens is 296 g/mol. The van der Waals surface area contributed by atoms with Crippen LogP contribution < -0.4 is 10.2 Å². The fraction of sp³-hybridized carbons (Fsp3) is 0.143. The Hall–Kier alpha value is -1.72. The van der Waals surface area contributed by atoms with Crippen molar-refractivity contribution in [2.24, 2.45) is 0 Å². The van der Waals surface area contributed by atoms with Crippen LogP contribution in [0.4, 0.5) is 11.4 Å². The minimum atomic E-state index is -3.14. The number of halogens is 1. The minimum absolute atomic E-state index is 0.320. The summed E-state index contributed by atoms with van der Waals surface area (Å²) >= 11 is 5.49. The predicted octanol–water partition coefficient (Wildman–Crippen LogP) is 3.27. The summed E-state index contributed by atoms with van der Waals surface area (Å²) in [5.74, 6) is 0. The fourth-order valence-corrected chi connectivity index (χ4v) is 2.47. The van der Waals surface area contributed by atoms with Crippen LogP contribution in [0, 0.1) is 0 Å². The van der Waals surface area contributed by atoms with Crippen LogP contribution in [-0.2, 0) is 16.4 Å². The van der Waals surface area contributed by atoms with E-state index in [1.54, 1.807) is 24.3 Å². The molecule has 0 heterocycles. The molecule has 0 saturated carbocycles. The second kappa shape index (κ2) is 6.15. The largest absolute Gasteiger partial charge is 0.381 e. The summed E-state index contributed by atoms with van der Waals surface area (Å²) in [5, 5.41) is 3.23. The number of anilines is 2. The van der Waals surface area contributed by atoms with Gasteiger partial charge in [-0.25, -0.2) is 8.42 Å². The van der Waals surface area contributed by atoms with Crippen molar-refractivity contribution in [3.8, 4) is 0 Å². The van der Waals surface area contributed by atoms with Crippen molar-refractivity contribution in [1.29, 1.82) is 0 Å². The molecule has 0 aliphatic rings. The molecular formula is C14H15ClN2O2S. The Morgan fingerprint density at radius 1 is 0.950 bits per heavy atom. The second-order valence-electron chi connectivity index (χ2n) is 4.44. The maximum Gasteiger partial charge on any atom is 0.175 e. The van der Waals surface area contributed by atoms with E-state index in [4.69, 9.17) is 11.8 Å². The van der Waals surface area contributed by atoms with Gasteiger partial charge < -0.3 is 5.32 Å². The average Bonchev–Trinajstić information content (AvgIpc) is 2.45. The number of hydrogen-bond acceptors (Lipinski definition) is 4. The van der Waals surface area contributed by atoms with Gasteiger partial charge in [-0.05, 0) is 42.0 Å². The lowest BCUT2D eigenvalue weighted by atomic mass is 10.2. The van der Waals surface area contributed by atoms with E-state index >= 15 is 0 Å². The van der Waals surface area contributed by atoms with Crippen LogP contribution in [-0.4, -0.2) is 14.7 Å². The summed E-state index contributed by atoms with van der Waals surface area (Å²) in [7, 11) is -3.14. The maximum atomic E-state index is 11.3. The molecule has 2 rings (SSSR count). The Balaban J connectivity index is 2.00. The summed E-state index contributed by atoms with van der Waals surface area (Å²) in [5.41, 5.74) is 2.82. The molecule has 0 aromatic heterocycles. The van der Waals surface area contributed by atoms with E-state index in [9.17, 15) is 8.42 Å². The van der Waals surface area contributed by atoms with Gasteiger partial charge in [0.1, 0.15) is 0 Å². The van der Waals surface area contributed by atoms with E-state index in [-0.39, 0.29) is 0 Å². The highest BCUT2D eigenvalue weighted by molar-refractivity contribution is 7.90. The van der Waals surface area contributed by atoms with Crippen molar-refractivity contribution in [2.45, 2.75) is 11.4 Å². The Bertz CT molecular complexity index is 667. The molecule has 106 valence electrons. The van der Waals surface area contributed by atoms with Gasteiger partial charge in [0.2, 0.25) is 0 Å². The molecule has 0 bridgehead atoms. The first-order valence-corrected chi connectivity index (χ1v) is 8.25. The highest BCUT2D eigenvalue weighted by Gasteiger charge is 2.05. The summed E-state index contributed by atoms with van der Waals surface area (Å²) in [6.07, 6.45) is 1.20. The molecule has 4 nitrogen and oxygen atoms in total. The molecule has 2 N–H and O–H groups in total. The molecule has 0 unspecified atom stereocenters. The Labute approximate surface area is 123 Å². The third kappa shape index (κ3) is 3.88. The molecule has 0 aliphatic carbocycles. The van der Waals surface area contributed by atoms with Crippen molar-refractivity contribution in [1.82, 2.24) is 0 Å². The van der Waals surface area contributed by atoms with Crippen molar-refractivity contribution in [3.05, 3.63) is 54.1 Å². The number of rotatable bonds is 5. The van der Waals surface area contributed by atoms with Crippen molar-refractivity contribution >= 4 is 33.0 Å². The molecule has 2 aromatic rings. The van der Waals surface area contributed by atoms with Crippen molar-refractivity contribution in [3.63, 3.8) is 0 Å². The van der Waals surface area contributed by atoms with Crippen LogP contribution in [0.5, 0.6) is 0 Å². The number of nitrogens with one attached hydrogen (secondary N) is 2. The van der Waals surface area contributed by atoms with Gasteiger partial charge in [0.05, 0.1) is 4.90 Å². The molecule has 0 amide bonds. The van der Waals surface area contributed by atoms with Crippen LogP contribution in [0.3, 0.4) is 0 Å². The maximum absolute atomic E-state index is 11.3. The molecule has 0 spiro atoms. The molecule has 0 atom stereocenters. The third-order valence-corrected chi connectivity index (χ3v) is 4.19. The van der Waals surface area contributed by atoms with Gasteiger partial charge in [-0.1, -0.05) is 12.1 Å². The molecule has 0 radical (unpaired) electrons. The van der Waals surface area contributed by atoms with E-state index < -0.39 is 9.84 Å². The molecule has 0 fully saturated rings. The first kappa shape index (κ1) is 14.7. The van der Waals surface area contributed by atoms with Crippen LogP contribution in [0.2, 0.25) is 0 Å². The monoisotopic (exact) mass is 310 g/mol. The van der Waals surface area contributed by atoms with Crippen molar-refractivity contribution in [2.75, 3.05) is 16.4 Å². The van der Waals surface area contributed by atoms with Crippen molar-refractivity contribution < 1.29 is 8.42 Å². The normalized spacial score (nSPS) is 11.1. The zero-order chi connectivity index (χ0) is 14.6. The van der Waals surface area contributed by atoms with Gasteiger partial charge in [-0.15, -0.1) is 0 Å². The smallest absolute Gasteiger partial charge is 0.175 e. The first-order valence-electron chi connectivity index (χ1n) is 5.98. The number of hydrogen-bond donors (Lipinski definition) is 2. The lowest BCUT2D eigenvalue weighted by molar-refractivity contribution is 0.602. The van der Waals surface area contributed by atoms with Crippen LogP contribution in [0.25, 0.3) is 0 Å². The number of sulfone groups is 1. The summed E-state index contributed by atoms with van der Waals surface area (Å²) < 4.78 is 22.7. The van der Waals surface area contributed by atoms with Gasteiger partial charge in [-0.2, -0.15) is 0 Å². The number of benzene rings is 2. The third-order valence-electron chi connectivity index (χ3n) is 2.84. The summed E-state index contributed by atoms with van der Waals surface area (Å²) in [4.78, 5) is 2.86. The van der Waals surface area contributed by atoms with Crippen LogP contribution >= 0.6 is 11.8 Å². The highest BCUT2D eigenvalue weighted by Crippen LogP contribution is 2.16. The topological polar surface area (TPSA) is 58.2 Å². The lowest BCUT2D eigenvalue weighted by Gasteiger charge is -2.08. The first-order chi connectivity index (χ1) is 9.49. The second-order valence-corrected chi connectivity index (χ2v) is 6.65. The molecule has 20 heavy (non-hydrogen) atoms. The van der Waals surface area contributed by atoms with E-state index in [2.05, 4.69) is 10.2 Å². The van der Waals surface area contributed by atoms with Crippen LogP contribution in [0.1, 0.15) is 5.56 Å². The van der Waals surface area contributed by atoms with Gasteiger partial charge in [0, 0.05) is 36.0 Å². The zero-order valence-electron chi connectivity index (χ0n) is 10.9. The molecule has 6 heteroatoms. The van der Waals surface area contributed by atoms with E-state index in [0.717, 1.165) is 16.9 Å². The molecule has 0 aliphatic heterocycles. The minimum Gasteiger partial charge on any atom is -0.381 e. The van der Waals surface area contributed by atoms with Gasteiger partial charge in [-0.3, -0.25) is 4.84 Å². The summed E-state index contributed by atoms with van der Waals surface area (Å²) in [6, 6.07) is 14.4. The fourth-order valence-electron chi connectivity index (χ4n) is 1.71. The lowest BCUT2D eigenvalue weighted by Crippen LogP contribution is -2.01. The standard InChI is InChI=1S/C14H15ClN2O2S/c1-20(18,19)14-8-6-12(7-9-14)16-10-11-2-4-13(17-15)5-3-11/h2-9,16-17H,10H2,1H3. The van der Waals surface area contributed by atoms with E-state index in [1.807, 2.05) is 24.3 Å². The predicted molar refractivity (Wildman–Crippen MR) is 82.8 cm³/mol. The van der Waals surface area contributed by atoms with Crippen LogP contribution in [0.15, 0.2) is 53.4 Å². The quantitative estimate of drug-likeness (QED) is 0.832. The van der Waals surface area contributed by atoms with Gasteiger partial charge >= 0.3 is 0 Å². The Morgan fingerprint density at radius 3 is 2.00 bits per heavy atom. The SMILES string of the molecule is CS(=O)(=O)c1ccc(NCc2ccc(NCl)cc2)cc1. The molecule has 0 saturated heterocycles. The van der Waals surface area contributed by atoms with Gasteiger partial charge in [0.25, 0.3) is 0 Å². The van der Waals surface area contributed by atoms with Gasteiger partial charge in [0.15, 0.2) is 9.84 Å². The highest BCUT2D eigenvalue weighted by atomic mass is 35.5. The van der Waals surface area contributed by atoms with E-state index in [1.165, 1.54) is 6.26 Å². The zero-order valence-corrected chi connectivity index (χ0v) is 12.5. The average molecular weight is 311 g/mol. The Kier molecular flexibility index (Phi) is 4.52. The van der Waals surface area contributed by atoms with E-state index in [0.29, 0.717) is 11.4 Å². The molecule has 2 aromatic carbocycles.